The lowest BCUT2D eigenvalue weighted by Gasteiger charge is -2.32. The normalized spacial score (nSPS) is 35.2. The van der Waals surface area contributed by atoms with Crippen LogP contribution < -0.4 is 11.1 Å². The van der Waals surface area contributed by atoms with Gasteiger partial charge in [0.05, 0.1) is 5.41 Å². The Kier molecular flexibility index (Phi) is 4.00. The number of hydrogen-bond donors (Lipinski definition) is 2. The van der Waals surface area contributed by atoms with E-state index in [1.165, 1.54) is 25.7 Å². The van der Waals surface area contributed by atoms with E-state index in [2.05, 4.69) is 12.2 Å². The molecule has 104 valence electrons. The number of carbonyl (C=O) groups excluding carboxylic acids is 1. The van der Waals surface area contributed by atoms with Crippen molar-refractivity contribution in [3.05, 3.63) is 0 Å². The van der Waals surface area contributed by atoms with Crippen LogP contribution in [0.5, 0.6) is 0 Å². The second-order valence-electron chi connectivity index (χ2n) is 6.72. The van der Waals surface area contributed by atoms with Crippen LogP contribution >= 0.6 is 0 Å². The van der Waals surface area contributed by atoms with Gasteiger partial charge < -0.3 is 11.1 Å². The van der Waals surface area contributed by atoms with Gasteiger partial charge >= 0.3 is 0 Å². The van der Waals surface area contributed by atoms with Crippen LogP contribution in [0.4, 0.5) is 0 Å². The zero-order chi connectivity index (χ0) is 13.3. The fourth-order valence-electron chi connectivity index (χ4n) is 3.79. The highest BCUT2D eigenvalue weighted by Crippen LogP contribution is 2.49. The van der Waals surface area contributed by atoms with Gasteiger partial charge in [-0.1, -0.05) is 13.3 Å². The molecule has 0 aromatic carbocycles. The largest absolute Gasteiger partial charge is 0.353 e. The molecule has 0 aromatic heterocycles. The molecule has 0 saturated heterocycles. The molecule has 0 aromatic rings. The summed E-state index contributed by atoms with van der Waals surface area (Å²) in [5.41, 5.74) is 5.35. The number of nitrogens with one attached hydrogen (secondary N) is 1. The number of fused-ring (bicyclic) bond motifs is 2. The van der Waals surface area contributed by atoms with Crippen molar-refractivity contribution in [3.63, 3.8) is 0 Å². The van der Waals surface area contributed by atoms with Crippen molar-refractivity contribution in [3.8, 4) is 0 Å². The molecule has 2 saturated carbocycles. The van der Waals surface area contributed by atoms with Gasteiger partial charge in [0.1, 0.15) is 0 Å². The van der Waals surface area contributed by atoms with E-state index in [-0.39, 0.29) is 5.91 Å². The van der Waals surface area contributed by atoms with E-state index >= 15 is 0 Å². The summed E-state index contributed by atoms with van der Waals surface area (Å²) in [6.07, 6.45) is 6.30. The molecule has 3 N–H and O–H groups in total. The second-order valence-corrected chi connectivity index (χ2v) is 6.72. The van der Waals surface area contributed by atoms with E-state index in [9.17, 15) is 4.79 Å². The van der Waals surface area contributed by atoms with Crippen LogP contribution in [0.15, 0.2) is 0 Å². The van der Waals surface area contributed by atoms with Crippen LogP contribution in [0, 0.1) is 23.2 Å². The molecule has 2 aliphatic carbocycles. The maximum absolute atomic E-state index is 12.3. The highest BCUT2D eigenvalue weighted by atomic mass is 16.2. The summed E-state index contributed by atoms with van der Waals surface area (Å²) >= 11 is 0. The Hall–Kier alpha value is -0.570. The van der Waals surface area contributed by atoms with Gasteiger partial charge in [-0.2, -0.15) is 0 Å². The first kappa shape index (κ1) is 13.9. The first-order valence-electron chi connectivity index (χ1n) is 7.51. The summed E-state index contributed by atoms with van der Waals surface area (Å²) in [5.74, 6) is 2.64. The molecule has 2 fully saturated rings. The third kappa shape index (κ3) is 2.42. The smallest absolute Gasteiger partial charge is 0.227 e. The Morgan fingerprint density at radius 2 is 2.17 bits per heavy atom. The van der Waals surface area contributed by atoms with Crippen molar-refractivity contribution in [1.29, 1.82) is 0 Å². The number of nitrogens with two attached hydrogens (primary N) is 1. The van der Waals surface area contributed by atoms with Crippen molar-refractivity contribution < 1.29 is 4.79 Å². The van der Waals surface area contributed by atoms with Crippen LogP contribution in [-0.4, -0.2) is 18.5 Å². The van der Waals surface area contributed by atoms with E-state index in [0.29, 0.717) is 18.5 Å². The first-order valence-corrected chi connectivity index (χ1v) is 7.51. The Labute approximate surface area is 111 Å². The molecule has 1 amide bonds. The van der Waals surface area contributed by atoms with Crippen LogP contribution in [0.3, 0.4) is 0 Å². The minimum absolute atomic E-state index is 0.141. The molecule has 18 heavy (non-hydrogen) atoms. The minimum atomic E-state index is -0.397. The van der Waals surface area contributed by atoms with Crippen molar-refractivity contribution in [1.82, 2.24) is 5.32 Å². The van der Waals surface area contributed by atoms with E-state index in [1.807, 2.05) is 13.8 Å². The molecule has 2 bridgehead atoms. The molecule has 0 aliphatic heterocycles. The van der Waals surface area contributed by atoms with Crippen LogP contribution in [-0.2, 0) is 4.79 Å². The lowest BCUT2D eigenvalue weighted by Crippen LogP contribution is -2.49. The Bertz CT molecular complexity index is 312. The van der Waals surface area contributed by atoms with Crippen molar-refractivity contribution in [2.45, 2.75) is 58.9 Å². The van der Waals surface area contributed by atoms with Gasteiger partial charge in [-0.15, -0.1) is 0 Å². The van der Waals surface area contributed by atoms with E-state index in [4.69, 9.17) is 5.73 Å². The zero-order valence-electron chi connectivity index (χ0n) is 12.0. The maximum atomic E-state index is 12.3. The van der Waals surface area contributed by atoms with E-state index in [0.717, 1.165) is 18.3 Å². The minimum Gasteiger partial charge on any atom is -0.353 e. The predicted octanol–water partition coefficient (Wildman–Crippen LogP) is 2.30. The Morgan fingerprint density at radius 3 is 2.61 bits per heavy atom. The average Bonchev–Trinajstić information content (AvgIpc) is 2.99. The van der Waals surface area contributed by atoms with Gasteiger partial charge in [0.15, 0.2) is 0 Å². The van der Waals surface area contributed by atoms with Gasteiger partial charge in [0.2, 0.25) is 5.91 Å². The molecule has 0 heterocycles. The molecular formula is C15H28N2O. The van der Waals surface area contributed by atoms with Crippen LogP contribution in [0.2, 0.25) is 0 Å². The monoisotopic (exact) mass is 252 g/mol. The lowest BCUT2D eigenvalue weighted by atomic mass is 9.82. The topological polar surface area (TPSA) is 55.1 Å². The molecule has 0 radical (unpaired) electrons. The molecule has 3 nitrogen and oxygen atoms in total. The summed E-state index contributed by atoms with van der Waals surface area (Å²) in [4.78, 5) is 12.3. The third-order valence-corrected chi connectivity index (χ3v) is 5.57. The standard InChI is InChI=1S/C15H28N2O/c1-4-15(3,9-16)14(18)17-10(2)13-8-11-5-6-12(13)7-11/h10-13H,4-9,16H2,1-3H3,(H,17,18). The SMILES string of the molecule is CCC(C)(CN)C(=O)NC(C)C1CC2CCC1C2. The molecule has 2 aliphatic rings. The van der Waals surface area contributed by atoms with Gasteiger partial charge in [-0.3, -0.25) is 4.79 Å². The number of amides is 1. The van der Waals surface area contributed by atoms with Gasteiger partial charge in [0, 0.05) is 12.6 Å². The summed E-state index contributed by atoms with van der Waals surface area (Å²) < 4.78 is 0. The highest BCUT2D eigenvalue weighted by molar-refractivity contribution is 5.82. The first-order chi connectivity index (χ1) is 8.50. The van der Waals surface area contributed by atoms with E-state index < -0.39 is 5.41 Å². The highest BCUT2D eigenvalue weighted by Gasteiger charge is 2.43. The third-order valence-electron chi connectivity index (χ3n) is 5.57. The zero-order valence-corrected chi connectivity index (χ0v) is 12.0. The fourth-order valence-corrected chi connectivity index (χ4v) is 3.79. The maximum Gasteiger partial charge on any atom is 0.227 e. The predicted molar refractivity (Wildman–Crippen MR) is 74.0 cm³/mol. The van der Waals surface area contributed by atoms with Gasteiger partial charge in [-0.25, -0.2) is 0 Å². The Morgan fingerprint density at radius 1 is 1.44 bits per heavy atom. The number of hydrogen-bond acceptors (Lipinski definition) is 2. The molecule has 0 spiro atoms. The lowest BCUT2D eigenvalue weighted by molar-refractivity contribution is -0.131. The summed E-state index contributed by atoms with van der Waals surface area (Å²) in [6, 6.07) is 0.310. The summed E-state index contributed by atoms with van der Waals surface area (Å²) in [7, 11) is 0. The molecular weight excluding hydrogens is 224 g/mol. The molecule has 5 atom stereocenters. The Balaban J connectivity index is 1.91. The van der Waals surface area contributed by atoms with Crippen molar-refractivity contribution in [2.24, 2.45) is 28.9 Å². The fraction of sp³-hybridized carbons (Fsp3) is 0.933. The van der Waals surface area contributed by atoms with Crippen molar-refractivity contribution in [2.75, 3.05) is 6.54 Å². The molecule has 3 heteroatoms. The van der Waals surface area contributed by atoms with Crippen molar-refractivity contribution >= 4 is 5.91 Å². The van der Waals surface area contributed by atoms with Gasteiger partial charge in [0.25, 0.3) is 0 Å². The molecule has 5 unspecified atom stereocenters. The van der Waals surface area contributed by atoms with Gasteiger partial charge in [-0.05, 0) is 57.3 Å². The molecule has 2 rings (SSSR count). The van der Waals surface area contributed by atoms with Crippen LogP contribution in [0.25, 0.3) is 0 Å². The summed E-state index contributed by atoms with van der Waals surface area (Å²) in [5, 5.41) is 3.23. The number of carbonyl (C=O) groups is 1. The quantitative estimate of drug-likeness (QED) is 0.789. The summed E-state index contributed by atoms with van der Waals surface area (Å²) in [6.45, 7) is 6.61. The van der Waals surface area contributed by atoms with E-state index in [1.54, 1.807) is 0 Å². The number of rotatable bonds is 5. The van der Waals surface area contributed by atoms with Crippen LogP contribution in [0.1, 0.15) is 52.9 Å². The average molecular weight is 252 g/mol. The second kappa shape index (κ2) is 5.20.